The van der Waals surface area contributed by atoms with E-state index < -0.39 is 97.5 Å². The number of rotatable bonds is 68. The fourth-order valence-corrected chi connectivity index (χ4v) is 11.7. The number of hydrogen-bond donors (Lipinski definition) is 3. The molecule has 0 aliphatic carbocycles. The number of unbranched alkanes of at least 4 members (excludes halogenated alkanes) is 33. The molecule has 17 nitrogen and oxygen atoms in total. The Hall–Kier alpha value is -2.46. The quantitative estimate of drug-likeness (QED) is 0.0169. The highest BCUT2D eigenvalue weighted by Crippen LogP contribution is 2.45. The van der Waals surface area contributed by atoms with E-state index in [-0.39, 0.29) is 25.7 Å². The predicted octanol–water partition coefficient (Wildman–Crippen LogP) is 19.9. The summed E-state index contributed by atoms with van der Waals surface area (Å²) in [7, 11) is -9.91. The van der Waals surface area contributed by atoms with E-state index in [1.54, 1.807) is 0 Å². The number of ether oxygens (including phenoxy) is 4. The maximum atomic E-state index is 13.0. The molecule has 0 radical (unpaired) electrons. The molecule has 0 saturated heterocycles. The number of carbonyl (C=O) groups excluding carboxylic acids is 4. The largest absolute Gasteiger partial charge is 0.472 e. The van der Waals surface area contributed by atoms with E-state index in [2.05, 4.69) is 65.8 Å². The number of aliphatic hydroxyl groups excluding tert-OH is 1. The van der Waals surface area contributed by atoms with Gasteiger partial charge in [0.25, 0.3) is 0 Å². The minimum absolute atomic E-state index is 0.0847. The highest BCUT2D eigenvalue weighted by molar-refractivity contribution is 7.47. The van der Waals surface area contributed by atoms with Crippen LogP contribution in [0.1, 0.15) is 337 Å². The maximum absolute atomic E-state index is 13.0. The molecule has 0 aliphatic heterocycles. The van der Waals surface area contributed by atoms with Crippen LogP contribution in [0.2, 0.25) is 0 Å². The van der Waals surface area contributed by atoms with Crippen molar-refractivity contribution in [2.75, 3.05) is 39.6 Å². The lowest BCUT2D eigenvalue weighted by molar-refractivity contribution is -0.161. The van der Waals surface area contributed by atoms with Crippen LogP contribution >= 0.6 is 15.6 Å². The average molecular weight is 1320 g/mol. The number of allylic oxidation sites excluding steroid dienone is 4. The highest BCUT2D eigenvalue weighted by Gasteiger charge is 2.30. The van der Waals surface area contributed by atoms with Gasteiger partial charge in [-0.2, -0.15) is 0 Å². The molecule has 0 aliphatic rings. The van der Waals surface area contributed by atoms with Crippen molar-refractivity contribution in [3.63, 3.8) is 0 Å². The molecule has 4 unspecified atom stereocenters. The molecule has 0 aromatic heterocycles. The average Bonchev–Trinajstić information content (AvgIpc) is 3.24. The number of carbonyl (C=O) groups is 4. The van der Waals surface area contributed by atoms with Gasteiger partial charge in [0.1, 0.15) is 19.3 Å². The van der Waals surface area contributed by atoms with E-state index in [1.807, 2.05) is 0 Å². The summed E-state index contributed by atoms with van der Waals surface area (Å²) in [6.45, 7) is 9.49. The van der Waals surface area contributed by atoms with Gasteiger partial charge in [-0.1, -0.05) is 284 Å². The zero-order valence-corrected chi connectivity index (χ0v) is 59.7. The van der Waals surface area contributed by atoms with Crippen LogP contribution in [0.15, 0.2) is 24.3 Å². The first kappa shape index (κ1) is 87.5. The molecular formula is C71H134O17P2. The van der Waals surface area contributed by atoms with Gasteiger partial charge >= 0.3 is 39.5 Å². The van der Waals surface area contributed by atoms with Gasteiger partial charge in [-0.15, -0.1) is 0 Å². The Bertz CT molecular complexity index is 1850. The number of aliphatic hydroxyl groups is 1. The van der Waals surface area contributed by atoms with Crippen LogP contribution < -0.4 is 0 Å². The first-order valence-electron chi connectivity index (χ1n) is 36.4. The van der Waals surface area contributed by atoms with E-state index in [1.165, 1.54) is 141 Å². The molecule has 0 saturated carbocycles. The molecule has 0 amide bonds. The van der Waals surface area contributed by atoms with Crippen LogP contribution in [0.4, 0.5) is 0 Å². The summed E-state index contributed by atoms with van der Waals surface area (Å²) in [5, 5.41) is 10.6. The van der Waals surface area contributed by atoms with Crippen LogP contribution in [-0.4, -0.2) is 96.7 Å². The first-order chi connectivity index (χ1) is 43.4. The Morgan fingerprint density at radius 3 is 0.944 bits per heavy atom. The molecule has 0 bridgehead atoms. The predicted molar refractivity (Wildman–Crippen MR) is 363 cm³/mol. The monoisotopic (exact) mass is 1320 g/mol. The van der Waals surface area contributed by atoms with Gasteiger partial charge in [-0.05, 0) is 63.2 Å². The van der Waals surface area contributed by atoms with Gasteiger partial charge in [0.05, 0.1) is 26.4 Å². The van der Waals surface area contributed by atoms with Crippen molar-refractivity contribution in [1.29, 1.82) is 0 Å². The molecule has 0 spiro atoms. The molecule has 90 heavy (non-hydrogen) atoms. The summed E-state index contributed by atoms with van der Waals surface area (Å²) < 4.78 is 68.2. The van der Waals surface area contributed by atoms with Crippen molar-refractivity contribution >= 4 is 39.5 Å². The van der Waals surface area contributed by atoms with Gasteiger partial charge in [0.2, 0.25) is 0 Å². The number of phosphoric ester groups is 2. The van der Waals surface area contributed by atoms with Crippen molar-refractivity contribution < 1.29 is 80.2 Å². The molecule has 19 heteroatoms. The van der Waals surface area contributed by atoms with Crippen molar-refractivity contribution in [3.05, 3.63) is 24.3 Å². The summed E-state index contributed by atoms with van der Waals surface area (Å²) in [6, 6.07) is 0. The summed E-state index contributed by atoms with van der Waals surface area (Å²) in [5.74, 6) is -0.581. The van der Waals surface area contributed by atoms with E-state index >= 15 is 0 Å². The number of phosphoric acid groups is 2. The molecule has 0 aromatic carbocycles. The van der Waals surface area contributed by atoms with Gasteiger partial charge in [-0.3, -0.25) is 37.3 Å². The molecule has 0 heterocycles. The van der Waals surface area contributed by atoms with E-state index in [0.29, 0.717) is 25.7 Å². The van der Waals surface area contributed by atoms with E-state index in [9.17, 15) is 43.2 Å². The van der Waals surface area contributed by atoms with Crippen LogP contribution in [-0.2, 0) is 65.4 Å². The van der Waals surface area contributed by atoms with Crippen molar-refractivity contribution in [3.8, 4) is 0 Å². The highest BCUT2D eigenvalue weighted by atomic mass is 31.2. The van der Waals surface area contributed by atoms with Gasteiger partial charge in [0, 0.05) is 25.7 Å². The Morgan fingerprint density at radius 1 is 0.356 bits per heavy atom. The molecule has 0 aromatic rings. The molecule has 530 valence electrons. The molecule has 3 N–H and O–H groups in total. The summed E-state index contributed by atoms with van der Waals surface area (Å²) in [4.78, 5) is 72.5. The van der Waals surface area contributed by atoms with E-state index in [0.717, 1.165) is 115 Å². The van der Waals surface area contributed by atoms with Crippen LogP contribution in [0.25, 0.3) is 0 Å². The second-order valence-corrected chi connectivity index (χ2v) is 28.3. The van der Waals surface area contributed by atoms with Crippen LogP contribution in [0.5, 0.6) is 0 Å². The lowest BCUT2D eigenvalue weighted by atomic mass is 9.99. The summed E-state index contributed by atoms with van der Waals surface area (Å²) in [5.41, 5.74) is 0. The SMILES string of the molecule is CCCCCC/C=C\C=C/CCCCCCCC(=O)O[C@H](COC(=O)CCCCCCCCCCCCC(C)CC)COP(=O)(O)OC[C@@H](O)COP(=O)(O)OC[C@@H](COC(=O)CCCCCCCCCCC)OC(=O)CCCCCCCCCCC(C)CC. The molecule has 7 atom stereocenters. The Morgan fingerprint density at radius 2 is 0.622 bits per heavy atom. The van der Waals surface area contributed by atoms with Gasteiger partial charge in [0.15, 0.2) is 12.2 Å². The number of esters is 4. The van der Waals surface area contributed by atoms with Crippen molar-refractivity contribution in [2.24, 2.45) is 11.8 Å². The fourth-order valence-electron chi connectivity index (χ4n) is 10.2. The first-order valence-corrected chi connectivity index (χ1v) is 39.4. The third kappa shape index (κ3) is 61.7. The minimum atomic E-state index is -4.96. The fraction of sp³-hybridized carbons (Fsp3) is 0.887. The lowest BCUT2D eigenvalue weighted by Gasteiger charge is -2.21. The minimum Gasteiger partial charge on any atom is -0.462 e. The van der Waals surface area contributed by atoms with Crippen LogP contribution in [0, 0.1) is 11.8 Å². The normalized spacial score (nSPS) is 14.9. The smallest absolute Gasteiger partial charge is 0.462 e. The third-order valence-corrected chi connectivity index (χ3v) is 18.5. The second-order valence-electron chi connectivity index (χ2n) is 25.4. The Balaban J connectivity index is 5.29. The second kappa shape index (κ2) is 62.6. The molecular weight excluding hydrogens is 1190 g/mol. The standard InChI is InChI=1S/C71H134O17P2/c1-7-11-13-15-17-19-20-21-22-23-24-30-37-43-49-55-70(75)87-66(60-82-69(74)54-48-42-36-29-26-25-28-33-39-45-51-63(5)9-3)61-85-89(77,78)83-57-65(72)58-84-90(79,80)86-62-67(59-81-68(73)53-47-41-35-27-18-16-14-12-8-2)88-71(76)56-50-44-38-32-31-34-40-46-52-64(6)10-4/h19-22,63-67,72H,7-18,23-62H2,1-6H3,(H,77,78)(H,79,80)/b20-19-,22-21-/t63?,64?,65-,66-,67-/m1/s1. The third-order valence-electron chi connectivity index (χ3n) is 16.6. The zero-order chi connectivity index (χ0) is 66.5. The topological polar surface area (TPSA) is 237 Å². The van der Waals surface area contributed by atoms with Gasteiger partial charge < -0.3 is 33.8 Å². The summed E-state index contributed by atoms with van der Waals surface area (Å²) >= 11 is 0. The summed E-state index contributed by atoms with van der Waals surface area (Å²) in [6.07, 6.45) is 50.6. The van der Waals surface area contributed by atoms with E-state index in [4.69, 9.17) is 37.0 Å². The molecule has 0 rings (SSSR count). The van der Waals surface area contributed by atoms with Crippen molar-refractivity contribution in [2.45, 2.75) is 355 Å². The zero-order valence-electron chi connectivity index (χ0n) is 57.9. The van der Waals surface area contributed by atoms with Crippen LogP contribution in [0.3, 0.4) is 0 Å². The maximum Gasteiger partial charge on any atom is 0.472 e. The molecule has 0 fully saturated rings. The Kier molecular flexibility index (Phi) is 60.9. The number of hydrogen-bond acceptors (Lipinski definition) is 15. The van der Waals surface area contributed by atoms with Crippen molar-refractivity contribution in [1.82, 2.24) is 0 Å². The lowest BCUT2D eigenvalue weighted by Crippen LogP contribution is -2.30. The Labute approximate surface area is 548 Å². The van der Waals surface area contributed by atoms with Gasteiger partial charge in [-0.25, -0.2) is 9.13 Å².